The molecule has 0 atom stereocenters. The van der Waals surface area contributed by atoms with E-state index in [1.54, 1.807) is 33.5 Å². The van der Waals surface area contributed by atoms with Crippen LogP contribution in [0.2, 0.25) is 0 Å². The summed E-state index contributed by atoms with van der Waals surface area (Å²) >= 11 is 0. The van der Waals surface area contributed by atoms with Crippen LogP contribution < -0.4 is 35.9 Å². The molecule has 2 aromatic heterocycles. The molecule has 0 spiro atoms. The minimum Gasteiger partial charge on any atom is -0.496 e. The first-order valence-electron chi connectivity index (χ1n) is 17.9. The molecule has 0 radical (unpaired) electrons. The van der Waals surface area contributed by atoms with Crippen molar-refractivity contribution >= 4 is 23.7 Å². The first-order valence-corrected chi connectivity index (χ1v) is 17.9. The van der Waals surface area contributed by atoms with E-state index in [2.05, 4.69) is 37.4 Å². The number of rotatable bonds is 14. The number of primary amides is 2. The van der Waals surface area contributed by atoms with E-state index in [0.29, 0.717) is 41.3 Å². The highest BCUT2D eigenvalue weighted by Gasteiger charge is 2.36. The summed E-state index contributed by atoms with van der Waals surface area (Å²) in [6, 6.07) is 26.5. The SMILES string of the molecule is CCN(CC)c1nc(C(N)=O)cc(-c2ccccc2OC)n1.COc1ccc(C2(CNc3nc(C(N)=O)cc(-c4ccccc4)n3)CCCC2)cc1OC. The molecule has 3 aromatic carbocycles. The van der Waals surface area contributed by atoms with Crippen LogP contribution >= 0.6 is 0 Å². The molecule has 0 aliphatic heterocycles. The van der Waals surface area contributed by atoms with Crippen LogP contribution in [0, 0.1) is 0 Å². The number of hydrogen-bond acceptors (Lipinski definition) is 11. The molecule has 2 amide bonds. The summed E-state index contributed by atoms with van der Waals surface area (Å²) in [5, 5.41) is 3.40. The lowest BCUT2D eigenvalue weighted by molar-refractivity contribution is 0.0987. The molecule has 6 rings (SSSR count). The maximum Gasteiger partial charge on any atom is 0.267 e. The van der Waals surface area contributed by atoms with Gasteiger partial charge in [-0.2, -0.15) is 0 Å². The summed E-state index contributed by atoms with van der Waals surface area (Å²) in [7, 11) is 4.88. The van der Waals surface area contributed by atoms with Gasteiger partial charge in [0.05, 0.1) is 32.7 Å². The second kappa shape index (κ2) is 18.0. The van der Waals surface area contributed by atoms with Crippen molar-refractivity contribution in [2.24, 2.45) is 11.5 Å². The molecule has 13 heteroatoms. The number of hydrogen-bond donors (Lipinski definition) is 3. The van der Waals surface area contributed by atoms with Crippen molar-refractivity contribution in [1.29, 1.82) is 0 Å². The second-order valence-electron chi connectivity index (χ2n) is 12.8. The van der Waals surface area contributed by atoms with Crippen LogP contribution in [0.15, 0.2) is 84.9 Å². The van der Waals surface area contributed by atoms with E-state index < -0.39 is 11.8 Å². The van der Waals surface area contributed by atoms with Gasteiger partial charge in [-0.3, -0.25) is 9.59 Å². The Morgan fingerprint density at radius 2 is 1.31 bits per heavy atom. The van der Waals surface area contributed by atoms with E-state index in [1.807, 2.05) is 79.4 Å². The molecular formula is C41H48N8O5. The van der Waals surface area contributed by atoms with Crippen LogP contribution in [0.4, 0.5) is 11.9 Å². The van der Waals surface area contributed by atoms with E-state index in [1.165, 1.54) is 5.56 Å². The van der Waals surface area contributed by atoms with Crippen LogP contribution in [-0.4, -0.2) is 72.7 Å². The van der Waals surface area contributed by atoms with Gasteiger partial charge in [0.25, 0.3) is 11.8 Å². The van der Waals surface area contributed by atoms with Gasteiger partial charge in [0.1, 0.15) is 17.1 Å². The summed E-state index contributed by atoms with van der Waals surface area (Å²) in [6.07, 6.45) is 4.37. The summed E-state index contributed by atoms with van der Waals surface area (Å²) in [6.45, 7) is 6.13. The third-order valence-corrected chi connectivity index (χ3v) is 9.59. The van der Waals surface area contributed by atoms with Crippen LogP contribution in [0.5, 0.6) is 17.2 Å². The lowest BCUT2D eigenvalue weighted by atomic mass is 9.78. The van der Waals surface area contributed by atoms with Gasteiger partial charge in [0.15, 0.2) is 11.5 Å². The zero-order valence-corrected chi connectivity index (χ0v) is 31.5. The van der Waals surface area contributed by atoms with Crippen molar-refractivity contribution in [3.05, 3.63) is 102 Å². The number of benzene rings is 3. The van der Waals surface area contributed by atoms with Crippen LogP contribution in [-0.2, 0) is 5.41 Å². The topological polar surface area (TPSA) is 181 Å². The molecule has 1 aliphatic rings. The predicted molar refractivity (Wildman–Crippen MR) is 210 cm³/mol. The summed E-state index contributed by atoms with van der Waals surface area (Å²) in [5.74, 6) is 1.84. The highest BCUT2D eigenvalue weighted by atomic mass is 16.5. The summed E-state index contributed by atoms with van der Waals surface area (Å²) < 4.78 is 16.3. The van der Waals surface area contributed by atoms with Crippen molar-refractivity contribution in [2.45, 2.75) is 44.9 Å². The highest BCUT2D eigenvalue weighted by Crippen LogP contribution is 2.44. The monoisotopic (exact) mass is 732 g/mol. The largest absolute Gasteiger partial charge is 0.496 e. The van der Waals surface area contributed by atoms with Gasteiger partial charge in [-0.25, -0.2) is 19.9 Å². The smallest absolute Gasteiger partial charge is 0.267 e. The maximum atomic E-state index is 11.9. The fraction of sp³-hybridized carbons (Fsp3) is 0.317. The Labute approximate surface area is 316 Å². The number of anilines is 2. The van der Waals surface area contributed by atoms with Crippen LogP contribution in [0.3, 0.4) is 0 Å². The first kappa shape index (κ1) is 39.0. The standard InChI is InChI=1S/C25H28N4O3.C16H20N4O2/c1-31-21-11-10-18(14-22(21)32-2)25(12-6-7-13-25)16-27-24-28-19(15-20(29-24)23(26)30)17-8-4-3-5-9-17;1-4-20(5-2)16-18-12(10-13(19-16)15(17)21)11-8-6-7-9-14(11)22-3/h3-5,8-11,14-15H,6-7,12-13,16H2,1-2H3,(H2,26,30)(H,27,28,29);6-10H,4-5H2,1-3H3,(H2,17,21). The Kier molecular flexibility index (Phi) is 13.0. The Balaban J connectivity index is 0.000000223. The number of para-hydroxylation sites is 1. The first-order chi connectivity index (χ1) is 26.1. The van der Waals surface area contributed by atoms with E-state index in [9.17, 15) is 9.59 Å². The third kappa shape index (κ3) is 9.03. The second-order valence-corrected chi connectivity index (χ2v) is 12.8. The summed E-state index contributed by atoms with van der Waals surface area (Å²) in [5.41, 5.74) is 15.4. The Hall–Kier alpha value is -6.24. The van der Waals surface area contributed by atoms with Gasteiger partial charge < -0.3 is 35.9 Å². The quantitative estimate of drug-likeness (QED) is 0.117. The molecule has 282 valence electrons. The molecular weight excluding hydrogens is 685 g/mol. The Morgan fingerprint density at radius 1 is 0.704 bits per heavy atom. The molecule has 5 aromatic rings. The number of ether oxygens (including phenoxy) is 3. The van der Waals surface area contributed by atoms with Gasteiger partial charge in [0.2, 0.25) is 11.9 Å². The highest BCUT2D eigenvalue weighted by molar-refractivity contribution is 5.93. The molecule has 54 heavy (non-hydrogen) atoms. The van der Waals surface area contributed by atoms with E-state index in [-0.39, 0.29) is 16.8 Å². The normalized spacial score (nSPS) is 12.9. The number of methoxy groups -OCH3 is 3. The fourth-order valence-electron chi connectivity index (χ4n) is 6.65. The average Bonchev–Trinajstić information content (AvgIpc) is 3.70. The van der Waals surface area contributed by atoms with E-state index in [0.717, 1.165) is 55.6 Å². The van der Waals surface area contributed by atoms with Crippen LogP contribution in [0.1, 0.15) is 66.1 Å². The number of nitrogens with zero attached hydrogens (tertiary/aromatic N) is 5. The van der Waals surface area contributed by atoms with Crippen LogP contribution in [0.25, 0.3) is 22.5 Å². The lowest BCUT2D eigenvalue weighted by Crippen LogP contribution is -2.32. The van der Waals surface area contributed by atoms with E-state index in [4.69, 9.17) is 25.7 Å². The minimum atomic E-state index is -0.580. The molecule has 0 bridgehead atoms. The molecule has 1 aliphatic carbocycles. The number of carbonyl (C=O) groups is 2. The fourth-order valence-corrected chi connectivity index (χ4v) is 6.65. The Bertz CT molecular complexity index is 2050. The van der Waals surface area contributed by atoms with Gasteiger partial charge >= 0.3 is 0 Å². The average molecular weight is 733 g/mol. The number of nitrogens with one attached hydrogen (secondary N) is 1. The molecule has 1 fully saturated rings. The molecule has 13 nitrogen and oxygen atoms in total. The van der Waals surface area contributed by atoms with Gasteiger partial charge in [0, 0.05) is 36.2 Å². The van der Waals surface area contributed by atoms with Crippen molar-refractivity contribution in [2.75, 3.05) is 51.2 Å². The van der Waals surface area contributed by atoms with Crippen molar-refractivity contribution in [3.63, 3.8) is 0 Å². The van der Waals surface area contributed by atoms with Gasteiger partial charge in [-0.1, -0.05) is 61.4 Å². The number of carbonyl (C=O) groups excluding carboxylic acids is 2. The molecule has 5 N–H and O–H groups in total. The maximum absolute atomic E-state index is 11.9. The van der Waals surface area contributed by atoms with E-state index >= 15 is 0 Å². The molecule has 0 unspecified atom stereocenters. The van der Waals surface area contributed by atoms with Crippen molar-refractivity contribution in [3.8, 4) is 39.8 Å². The Morgan fingerprint density at radius 3 is 1.94 bits per heavy atom. The molecule has 2 heterocycles. The van der Waals surface area contributed by atoms with Crippen molar-refractivity contribution in [1.82, 2.24) is 19.9 Å². The predicted octanol–water partition coefficient (Wildman–Crippen LogP) is 6.28. The zero-order chi connectivity index (χ0) is 38.7. The van der Waals surface area contributed by atoms with Gasteiger partial charge in [-0.05, 0) is 68.7 Å². The van der Waals surface area contributed by atoms with Crippen molar-refractivity contribution < 1.29 is 23.8 Å². The minimum absolute atomic E-state index is 0.0848. The lowest BCUT2D eigenvalue weighted by Gasteiger charge is -2.30. The zero-order valence-electron chi connectivity index (χ0n) is 31.5. The molecule has 1 saturated carbocycles. The number of nitrogens with two attached hydrogens (primary N) is 2. The number of aromatic nitrogens is 4. The molecule has 0 saturated heterocycles. The number of amides is 2. The third-order valence-electron chi connectivity index (χ3n) is 9.59. The summed E-state index contributed by atoms with van der Waals surface area (Å²) in [4.78, 5) is 43.3. The van der Waals surface area contributed by atoms with Gasteiger partial charge in [-0.15, -0.1) is 0 Å².